The monoisotopic (exact) mass is 233 g/mol. The largest absolute Gasteiger partial charge is 0.330 e. The fraction of sp³-hybridized carbons (Fsp3) is 0.692. The zero-order valence-electron chi connectivity index (χ0n) is 10.8. The van der Waals surface area contributed by atoms with Crippen LogP contribution >= 0.6 is 12.4 Å². The molecule has 92 valence electrons. The Hall–Kier alpha value is -0.270. The lowest BCUT2D eigenvalue weighted by Crippen LogP contribution is -1.93. The summed E-state index contributed by atoms with van der Waals surface area (Å²) in [6.45, 7) is 9.44. The van der Waals surface area contributed by atoms with Crippen molar-refractivity contribution in [3.63, 3.8) is 0 Å². The van der Waals surface area contributed by atoms with E-state index < -0.39 is 0 Å². The molecule has 2 N–H and O–H groups in total. The van der Waals surface area contributed by atoms with Gasteiger partial charge in [0.1, 0.15) is 0 Å². The molecule has 0 aliphatic heterocycles. The van der Waals surface area contributed by atoms with Crippen molar-refractivity contribution in [2.45, 2.75) is 53.4 Å². The van der Waals surface area contributed by atoms with Crippen LogP contribution in [-0.4, -0.2) is 6.54 Å². The van der Waals surface area contributed by atoms with Crippen molar-refractivity contribution in [3.8, 4) is 0 Å². The summed E-state index contributed by atoms with van der Waals surface area (Å²) >= 11 is 0. The molecule has 0 spiro atoms. The van der Waals surface area contributed by atoms with Crippen molar-refractivity contribution in [2.24, 2.45) is 5.73 Å². The highest BCUT2D eigenvalue weighted by molar-refractivity contribution is 5.85. The minimum absolute atomic E-state index is 0. The average molecular weight is 234 g/mol. The van der Waals surface area contributed by atoms with Crippen LogP contribution in [0.25, 0.3) is 0 Å². The second-order valence-electron chi connectivity index (χ2n) is 3.16. The molecule has 0 bridgehead atoms. The van der Waals surface area contributed by atoms with E-state index in [1.165, 1.54) is 18.4 Å². The maximum absolute atomic E-state index is 5.03. The molecule has 0 saturated carbocycles. The Morgan fingerprint density at radius 2 is 1.53 bits per heavy atom. The molecule has 1 nitrogen and oxygen atoms in total. The van der Waals surface area contributed by atoms with Gasteiger partial charge in [0.15, 0.2) is 0 Å². The molecule has 0 rings (SSSR count). The molecule has 0 aromatic rings. The molecule has 0 atom stereocenters. The predicted molar refractivity (Wildman–Crippen MR) is 74.7 cm³/mol. The molecule has 0 heterocycles. The Labute approximate surface area is 102 Å². The molecule has 0 aliphatic rings. The number of halogens is 1. The van der Waals surface area contributed by atoms with Gasteiger partial charge in [-0.1, -0.05) is 51.5 Å². The van der Waals surface area contributed by atoms with Crippen molar-refractivity contribution < 1.29 is 0 Å². The van der Waals surface area contributed by atoms with Gasteiger partial charge in [-0.05, 0) is 32.2 Å². The van der Waals surface area contributed by atoms with Gasteiger partial charge in [-0.2, -0.15) is 0 Å². The zero-order valence-corrected chi connectivity index (χ0v) is 11.6. The van der Waals surface area contributed by atoms with Gasteiger partial charge in [-0.3, -0.25) is 0 Å². The number of rotatable bonds is 5. The molecule has 0 saturated heterocycles. The van der Waals surface area contributed by atoms with Crippen LogP contribution in [0.5, 0.6) is 0 Å². The SMILES string of the molecule is CCC=CC=C(CC)CC.CCCN.Cl. The van der Waals surface area contributed by atoms with Crippen molar-refractivity contribution in [1.82, 2.24) is 0 Å². The van der Waals surface area contributed by atoms with Gasteiger partial charge in [-0.25, -0.2) is 0 Å². The lowest BCUT2D eigenvalue weighted by atomic mass is 10.1. The van der Waals surface area contributed by atoms with Crippen LogP contribution in [0.4, 0.5) is 0 Å². The van der Waals surface area contributed by atoms with Gasteiger partial charge in [0.2, 0.25) is 0 Å². The first kappa shape index (κ1) is 20.2. The van der Waals surface area contributed by atoms with Crippen LogP contribution in [-0.2, 0) is 0 Å². The topological polar surface area (TPSA) is 26.0 Å². The Balaban J connectivity index is -0.000000249. The summed E-state index contributed by atoms with van der Waals surface area (Å²) in [6, 6.07) is 0. The van der Waals surface area contributed by atoms with Crippen LogP contribution in [0.15, 0.2) is 23.8 Å². The second-order valence-corrected chi connectivity index (χ2v) is 3.16. The van der Waals surface area contributed by atoms with Gasteiger partial charge < -0.3 is 5.73 Å². The van der Waals surface area contributed by atoms with Gasteiger partial charge in [-0.15, -0.1) is 12.4 Å². The van der Waals surface area contributed by atoms with Crippen LogP contribution in [0.3, 0.4) is 0 Å². The van der Waals surface area contributed by atoms with E-state index in [0.717, 1.165) is 19.4 Å². The number of hydrogen-bond acceptors (Lipinski definition) is 1. The molecule has 0 radical (unpaired) electrons. The Bertz CT molecular complexity index is 143. The summed E-state index contributed by atoms with van der Waals surface area (Å²) < 4.78 is 0. The minimum atomic E-state index is 0. The molecule has 2 heteroatoms. The molecule has 0 aromatic carbocycles. The maximum atomic E-state index is 5.03. The first-order valence-corrected chi connectivity index (χ1v) is 5.81. The summed E-state index contributed by atoms with van der Waals surface area (Å²) in [5.41, 5.74) is 6.56. The number of allylic oxidation sites excluding steroid dienone is 4. The van der Waals surface area contributed by atoms with Crippen LogP contribution < -0.4 is 5.73 Å². The standard InChI is InChI=1S/C10H18.C3H9N.ClH/c1-4-7-8-9-10(5-2)6-3;1-2-3-4;/h7-9H,4-6H2,1-3H3;2-4H2,1H3;1H. The van der Waals surface area contributed by atoms with Crippen LogP contribution in [0, 0.1) is 0 Å². The highest BCUT2D eigenvalue weighted by Crippen LogP contribution is 2.04. The molecular weight excluding hydrogens is 206 g/mol. The van der Waals surface area contributed by atoms with E-state index >= 15 is 0 Å². The van der Waals surface area contributed by atoms with E-state index in [0.29, 0.717) is 0 Å². The summed E-state index contributed by atoms with van der Waals surface area (Å²) in [4.78, 5) is 0. The van der Waals surface area contributed by atoms with Gasteiger partial charge in [0.05, 0.1) is 0 Å². The number of hydrogen-bond donors (Lipinski definition) is 1. The van der Waals surface area contributed by atoms with Crippen molar-refractivity contribution in [1.29, 1.82) is 0 Å². The van der Waals surface area contributed by atoms with Crippen molar-refractivity contribution in [3.05, 3.63) is 23.8 Å². The minimum Gasteiger partial charge on any atom is -0.330 e. The maximum Gasteiger partial charge on any atom is -0.00799 e. The van der Waals surface area contributed by atoms with Gasteiger partial charge >= 0.3 is 0 Å². The predicted octanol–water partition coefficient (Wildman–Crippen LogP) is 4.48. The van der Waals surface area contributed by atoms with Gasteiger partial charge in [0, 0.05) is 0 Å². The first-order valence-electron chi connectivity index (χ1n) is 5.81. The fourth-order valence-corrected chi connectivity index (χ4v) is 0.826. The smallest absolute Gasteiger partial charge is 0.00799 e. The van der Waals surface area contributed by atoms with E-state index in [4.69, 9.17) is 5.73 Å². The number of nitrogens with two attached hydrogens (primary N) is 1. The van der Waals surface area contributed by atoms with E-state index in [1.807, 2.05) is 0 Å². The average Bonchev–Trinajstić information content (AvgIpc) is 2.25. The van der Waals surface area contributed by atoms with Crippen molar-refractivity contribution in [2.75, 3.05) is 6.54 Å². The molecule has 0 aliphatic carbocycles. The molecule has 0 amide bonds. The second kappa shape index (κ2) is 19.3. The highest BCUT2D eigenvalue weighted by Gasteiger charge is 1.84. The van der Waals surface area contributed by atoms with E-state index in [1.54, 1.807) is 0 Å². The van der Waals surface area contributed by atoms with E-state index in [2.05, 4.69) is 45.9 Å². The summed E-state index contributed by atoms with van der Waals surface area (Å²) in [6.07, 6.45) is 11.2. The molecule has 0 unspecified atom stereocenters. The summed E-state index contributed by atoms with van der Waals surface area (Å²) in [7, 11) is 0. The third-order valence-electron chi connectivity index (χ3n) is 1.90. The summed E-state index contributed by atoms with van der Waals surface area (Å²) in [5.74, 6) is 0. The van der Waals surface area contributed by atoms with Crippen LogP contribution in [0.1, 0.15) is 53.4 Å². The highest BCUT2D eigenvalue weighted by atomic mass is 35.5. The lowest BCUT2D eigenvalue weighted by molar-refractivity contribution is 0.932. The normalized spacial score (nSPS) is 8.87. The lowest BCUT2D eigenvalue weighted by Gasteiger charge is -1.94. The Kier molecular flexibility index (Phi) is 26.0. The third kappa shape index (κ3) is 20.0. The Morgan fingerprint density at radius 1 is 1.07 bits per heavy atom. The first-order chi connectivity index (χ1) is 6.76. The van der Waals surface area contributed by atoms with E-state index in [9.17, 15) is 0 Å². The Morgan fingerprint density at radius 3 is 1.80 bits per heavy atom. The molecule has 15 heavy (non-hydrogen) atoms. The molecule has 0 aromatic heterocycles. The van der Waals surface area contributed by atoms with E-state index in [-0.39, 0.29) is 12.4 Å². The fourth-order valence-electron chi connectivity index (χ4n) is 0.826. The zero-order chi connectivity index (χ0) is 11.2. The van der Waals surface area contributed by atoms with Gasteiger partial charge in [0.25, 0.3) is 0 Å². The van der Waals surface area contributed by atoms with Crippen LogP contribution in [0.2, 0.25) is 0 Å². The van der Waals surface area contributed by atoms with Crippen molar-refractivity contribution >= 4 is 12.4 Å². The summed E-state index contributed by atoms with van der Waals surface area (Å²) in [5, 5.41) is 0. The third-order valence-corrected chi connectivity index (χ3v) is 1.90. The molecule has 0 fully saturated rings. The molecular formula is C13H28ClN. The quantitative estimate of drug-likeness (QED) is 0.697.